The molecule has 2 rings (SSSR count). The van der Waals surface area contributed by atoms with Crippen LogP contribution in [0, 0.1) is 0 Å². The van der Waals surface area contributed by atoms with Crippen molar-refractivity contribution in [3.05, 3.63) is 52.0 Å². The Morgan fingerprint density at radius 1 is 1.05 bits per heavy atom. The highest BCUT2D eigenvalue weighted by molar-refractivity contribution is 6.34. The van der Waals surface area contributed by atoms with Gasteiger partial charge in [0.2, 0.25) is 0 Å². The van der Waals surface area contributed by atoms with E-state index in [1.54, 1.807) is 7.11 Å². The summed E-state index contributed by atoms with van der Waals surface area (Å²) in [5.41, 5.74) is 3.13. The zero-order valence-electron chi connectivity index (χ0n) is 11.5. The molecule has 0 amide bonds. The van der Waals surface area contributed by atoms with Gasteiger partial charge in [0, 0.05) is 17.1 Å². The van der Waals surface area contributed by atoms with Crippen molar-refractivity contribution in [1.29, 1.82) is 0 Å². The van der Waals surface area contributed by atoms with Gasteiger partial charge in [-0.15, -0.1) is 0 Å². The fraction of sp³-hybridized carbons (Fsp3) is 0.250. The van der Waals surface area contributed by atoms with Gasteiger partial charge in [-0.1, -0.05) is 48.3 Å². The second-order valence-electron chi connectivity index (χ2n) is 4.44. The van der Waals surface area contributed by atoms with Crippen LogP contribution in [-0.2, 0) is 6.54 Å². The third kappa shape index (κ3) is 3.45. The van der Waals surface area contributed by atoms with Crippen LogP contribution >= 0.6 is 23.2 Å². The molecule has 2 nitrogen and oxygen atoms in total. The molecule has 4 heteroatoms. The van der Waals surface area contributed by atoms with Gasteiger partial charge in [0.05, 0.1) is 12.1 Å². The second kappa shape index (κ2) is 6.98. The standard InChI is InChI=1S/C16H17Cl2NO/c1-3-19-10-11-4-6-13(15(18)8-11)12-5-7-14(17)16(9-12)20-2/h4-9,19H,3,10H2,1-2H3. The molecular weight excluding hydrogens is 293 g/mol. The Labute approximate surface area is 129 Å². The lowest BCUT2D eigenvalue weighted by atomic mass is 10.0. The van der Waals surface area contributed by atoms with Crippen molar-refractivity contribution in [2.24, 2.45) is 0 Å². The van der Waals surface area contributed by atoms with E-state index in [4.69, 9.17) is 27.9 Å². The van der Waals surface area contributed by atoms with Gasteiger partial charge in [0.15, 0.2) is 0 Å². The lowest BCUT2D eigenvalue weighted by Crippen LogP contribution is -2.11. The average Bonchev–Trinajstić information content (AvgIpc) is 2.46. The third-order valence-corrected chi connectivity index (χ3v) is 3.70. The summed E-state index contributed by atoms with van der Waals surface area (Å²) >= 11 is 12.4. The molecule has 106 valence electrons. The Kier molecular flexibility index (Phi) is 5.30. The molecule has 0 heterocycles. The van der Waals surface area contributed by atoms with Crippen molar-refractivity contribution in [3.63, 3.8) is 0 Å². The molecule has 0 aliphatic rings. The predicted octanol–water partition coefficient (Wildman–Crippen LogP) is 4.78. The molecule has 1 N–H and O–H groups in total. The predicted molar refractivity (Wildman–Crippen MR) is 85.8 cm³/mol. The van der Waals surface area contributed by atoms with E-state index in [9.17, 15) is 0 Å². The minimum atomic E-state index is 0.594. The van der Waals surface area contributed by atoms with E-state index < -0.39 is 0 Å². The monoisotopic (exact) mass is 309 g/mol. The minimum absolute atomic E-state index is 0.594. The average molecular weight is 310 g/mol. The lowest BCUT2D eigenvalue weighted by Gasteiger charge is -2.10. The fourth-order valence-corrected chi connectivity index (χ4v) is 2.51. The van der Waals surface area contributed by atoms with Gasteiger partial charge in [-0.2, -0.15) is 0 Å². The summed E-state index contributed by atoms with van der Waals surface area (Å²) in [6, 6.07) is 11.7. The Bertz CT molecular complexity index is 599. The van der Waals surface area contributed by atoms with E-state index >= 15 is 0 Å². The third-order valence-electron chi connectivity index (χ3n) is 3.07. The number of halogens is 2. The van der Waals surface area contributed by atoms with Crippen molar-refractivity contribution >= 4 is 23.2 Å². The number of nitrogens with one attached hydrogen (secondary N) is 1. The maximum atomic E-state index is 6.38. The summed E-state index contributed by atoms with van der Waals surface area (Å²) in [5.74, 6) is 0.650. The highest BCUT2D eigenvalue weighted by atomic mass is 35.5. The van der Waals surface area contributed by atoms with Crippen LogP contribution in [0.5, 0.6) is 5.75 Å². The molecule has 0 aliphatic heterocycles. The molecular formula is C16H17Cl2NO. The zero-order chi connectivity index (χ0) is 14.5. The van der Waals surface area contributed by atoms with Crippen molar-refractivity contribution < 1.29 is 4.74 Å². The van der Waals surface area contributed by atoms with Crippen LogP contribution in [0.2, 0.25) is 10.0 Å². The van der Waals surface area contributed by atoms with Crippen LogP contribution in [0.3, 0.4) is 0 Å². The summed E-state index contributed by atoms with van der Waals surface area (Å²) in [4.78, 5) is 0. The smallest absolute Gasteiger partial charge is 0.138 e. The number of benzene rings is 2. The van der Waals surface area contributed by atoms with Gasteiger partial charge in [-0.3, -0.25) is 0 Å². The van der Waals surface area contributed by atoms with Crippen molar-refractivity contribution in [2.45, 2.75) is 13.5 Å². The second-order valence-corrected chi connectivity index (χ2v) is 5.26. The van der Waals surface area contributed by atoms with Gasteiger partial charge in [0.1, 0.15) is 5.75 Å². The topological polar surface area (TPSA) is 21.3 Å². The van der Waals surface area contributed by atoms with E-state index in [-0.39, 0.29) is 0 Å². The molecule has 2 aromatic carbocycles. The Balaban J connectivity index is 2.33. The zero-order valence-corrected chi connectivity index (χ0v) is 13.1. The quantitative estimate of drug-likeness (QED) is 0.858. The van der Waals surface area contributed by atoms with Gasteiger partial charge in [0.25, 0.3) is 0 Å². The molecule has 0 saturated carbocycles. The van der Waals surface area contributed by atoms with Crippen LogP contribution in [0.25, 0.3) is 11.1 Å². The molecule has 0 fully saturated rings. The summed E-state index contributed by atoms with van der Waals surface area (Å²) in [5, 5.41) is 4.60. The maximum Gasteiger partial charge on any atom is 0.138 e. The normalized spacial score (nSPS) is 10.6. The molecule has 0 spiro atoms. The number of rotatable bonds is 5. The Morgan fingerprint density at radius 2 is 1.85 bits per heavy atom. The van der Waals surface area contributed by atoms with Gasteiger partial charge >= 0.3 is 0 Å². The Morgan fingerprint density at radius 3 is 2.50 bits per heavy atom. The number of hydrogen-bond acceptors (Lipinski definition) is 2. The number of hydrogen-bond donors (Lipinski definition) is 1. The molecule has 0 atom stereocenters. The van der Waals surface area contributed by atoms with E-state index in [1.807, 2.05) is 30.3 Å². The van der Waals surface area contributed by atoms with Gasteiger partial charge in [-0.05, 0) is 35.9 Å². The first-order valence-corrected chi connectivity index (χ1v) is 7.24. The van der Waals surface area contributed by atoms with E-state index in [2.05, 4.69) is 18.3 Å². The van der Waals surface area contributed by atoms with E-state index in [0.29, 0.717) is 10.8 Å². The van der Waals surface area contributed by atoms with E-state index in [1.165, 1.54) is 5.56 Å². The molecule has 0 aromatic heterocycles. The first kappa shape index (κ1) is 15.2. The molecule has 2 aromatic rings. The first-order chi connectivity index (χ1) is 9.65. The highest BCUT2D eigenvalue weighted by Crippen LogP contribution is 2.34. The molecule has 0 bridgehead atoms. The van der Waals surface area contributed by atoms with Crippen LogP contribution in [0.15, 0.2) is 36.4 Å². The summed E-state index contributed by atoms with van der Waals surface area (Å²) in [6.07, 6.45) is 0. The first-order valence-electron chi connectivity index (χ1n) is 6.48. The van der Waals surface area contributed by atoms with Crippen LogP contribution in [-0.4, -0.2) is 13.7 Å². The Hall–Kier alpha value is -1.22. The molecule has 20 heavy (non-hydrogen) atoms. The molecule has 0 aliphatic carbocycles. The SMILES string of the molecule is CCNCc1ccc(-c2ccc(Cl)c(OC)c2)c(Cl)c1. The number of methoxy groups -OCH3 is 1. The van der Waals surface area contributed by atoms with Crippen molar-refractivity contribution in [1.82, 2.24) is 5.32 Å². The highest BCUT2D eigenvalue weighted by Gasteiger charge is 2.08. The van der Waals surface area contributed by atoms with E-state index in [0.717, 1.165) is 29.2 Å². The van der Waals surface area contributed by atoms with Crippen molar-refractivity contribution in [2.75, 3.05) is 13.7 Å². The van der Waals surface area contributed by atoms with Gasteiger partial charge < -0.3 is 10.1 Å². The molecule has 0 unspecified atom stereocenters. The largest absolute Gasteiger partial charge is 0.495 e. The summed E-state index contributed by atoms with van der Waals surface area (Å²) < 4.78 is 5.24. The van der Waals surface area contributed by atoms with Crippen LogP contribution < -0.4 is 10.1 Å². The van der Waals surface area contributed by atoms with Gasteiger partial charge in [-0.25, -0.2) is 0 Å². The van der Waals surface area contributed by atoms with Crippen LogP contribution in [0.4, 0.5) is 0 Å². The molecule has 0 saturated heterocycles. The van der Waals surface area contributed by atoms with Crippen LogP contribution in [0.1, 0.15) is 12.5 Å². The lowest BCUT2D eigenvalue weighted by molar-refractivity contribution is 0.415. The summed E-state index contributed by atoms with van der Waals surface area (Å²) in [6.45, 7) is 3.84. The summed E-state index contributed by atoms with van der Waals surface area (Å²) in [7, 11) is 1.60. The number of ether oxygens (including phenoxy) is 1. The fourth-order valence-electron chi connectivity index (χ4n) is 2.00. The maximum absolute atomic E-state index is 6.38. The minimum Gasteiger partial charge on any atom is -0.495 e. The molecule has 0 radical (unpaired) electrons. The van der Waals surface area contributed by atoms with Crippen molar-refractivity contribution in [3.8, 4) is 16.9 Å².